The van der Waals surface area contributed by atoms with Gasteiger partial charge in [0.25, 0.3) is 0 Å². The van der Waals surface area contributed by atoms with Gasteiger partial charge in [0.15, 0.2) is 0 Å². The summed E-state index contributed by atoms with van der Waals surface area (Å²) in [7, 11) is 1.39. The molecule has 59 valence electrons. The topological polar surface area (TPSA) is 22.1 Å². The second kappa shape index (κ2) is 11.7. The minimum atomic E-state index is 0. The maximum Gasteiger partial charge on any atom is 2.00 e. The first-order chi connectivity index (χ1) is 4.41. The Bertz CT molecular complexity index is 101. The molecule has 0 atom stereocenters. The molecule has 0 saturated carbocycles. The molecule has 10 heavy (non-hydrogen) atoms. The van der Waals surface area contributed by atoms with Crippen molar-refractivity contribution in [1.29, 1.82) is 0 Å². The van der Waals surface area contributed by atoms with E-state index in [2.05, 4.69) is 21.1 Å². The Morgan fingerprint density at radius 2 is 1.60 bits per heavy atom. The summed E-state index contributed by atoms with van der Waals surface area (Å²) >= 11 is 4.50. The summed E-state index contributed by atoms with van der Waals surface area (Å²) in [6.45, 7) is 0. The molecule has 0 aliphatic heterocycles. The van der Waals surface area contributed by atoms with Gasteiger partial charge in [-0.2, -0.15) is 0 Å². The third-order valence-corrected chi connectivity index (χ3v) is 0.566. The van der Waals surface area contributed by atoms with Crippen LogP contribution in [0.2, 0.25) is 0 Å². The molecule has 1 aromatic rings. The molecule has 1 rings (SSSR count). The van der Waals surface area contributed by atoms with Crippen LogP contribution < -0.4 is 0 Å². The molecule has 0 aliphatic carbocycles. The smallest absolute Gasteiger partial charge is 0.283 e. The molecule has 0 amide bonds. The predicted molar refractivity (Wildman–Crippen MR) is 37.1 cm³/mol. The maximum atomic E-state index is 4.50. The van der Waals surface area contributed by atoms with E-state index in [4.69, 9.17) is 0 Å². The molecule has 0 aromatic carbocycles. The zero-order valence-electron chi connectivity index (χ0n) is 5.42. The van der Waals surface area contributed by atoms with Crippen molar-refractivity contribution in [2.24, 2.45) is 0 Å². The summed E-state index contributed by atoms with van der Waals surface area (Å²) in [6.07, 6.45) is 3.50. The second-order valence-electron chi connectivity index (χ2n) is 1.18. The van der Waals surface area contributed by atoms with Crippen LogP contribution in [0, 0.1) is 0 Å². The van der Waals surface area contributed by atoms with Gasteiger partial charge in [0.2, 0.25) is 0 Å². The van der Waals surface area contributed by atoms with Gasteiger partial charge in [-0.15, -0.1) is 0 Å². The number of rotatable bonds is 0. The van der Waals surface area contributed by atoms with Gasteiger partial charge in [0, 0.05) is 12.4 Å². The van der Waals surface area contributed by atoms with Gasteiger partial charge in [-0.25, -0.2) is 0 Å². The quantitative estimate of drug-likeness (QED) is 0.608. The SMILES string of the molecule is COCl.[Cu+2].c1ccncc1. The zero-order valence-corrected chi connectivity index (χ0v) is 7.12. The molecule has 1 heterocycles. The fourth-order valence-electron chi connectivity index (χ4n) is 0.313. The molecule has 0 N–H and O–H groups in total. The van der Waals surface area contributed by atoms with Crippen molar-refractivity contribution >= 4 is 11.9 Å². The van der Waals surface area contributed by atoms with Crippen molar-refractivity contribution in [2.75, 3.05) is 7.11 Å². The molecule has 2 nitrogen and oxygen atoms in total. The Morgan fingerprint density at radius 3 is 1.70 bits per heavy atom. The van der Waals surface area contributed by atoms with E-state index in [-0.39, 0.29) is 17.1 Å². The summed E-state index contributed by atoms with van der Waals surface area (Å²) < 4.78 is 3.72. The van der Waals surface area contributed by atoms with Gasteiger partial charge in [-0.05, 0) is 12.1 Å². The third-order valence-electron chi connectivity index (χ3n) is 0.566. The Balaban J connectivity index is 0. The fourth-order valence-corrected chi connectivity index (χ4v) is 0.313. The van der Waals surface area contributed by atoms with Crippen molar-refractivity contribution in [3.8, 4) is 0 Å². The molecule has 0 spiro atoms. The van der Waals surface area contributed by atoms with Gasteiger partial charge in [-0.3, -0.25) is 9.27 Å². The summed E-state index contributed by atoms with van der Waals surface area (Å²) in [4.78, 5) is 3.78. The van der Waals surface area contributed by atoms with Crippen molar-refractivity contribution in [1.82, 2.24) is 4.98 Å². The Morgan fingerprint density at radius 1 is 1.20 bits per heavy atom. The second-order valence-corrected chi connectivity index (χ2v) is 1.49. The number of halogens is 1. The van der Waals surface area contributed by atoms with Crippen LogP contribution >= 0.6 is 11.9 Å². The molecule has 0 saturated heterocycles. The van der Waals surface area contributed by atoms with Gasteiger partial charge < -0.3 is 0 Å². The van der Waals surface area contributed by atoms with Gasteiger partial charge in [-0.1, -0.05) is 6.07 Å². The molecule has 4 heteroatoms. The van der Waals surface area contributed by atoms with Crippen molar-refractivity contribution in [3.63, 3.8) is 0 Å². The largest absolute Gasteiger partial charge is 2.00 e. The van der Waals surface area contributed by atoms with Crippen LogP contribution in [0.3, 0.4) is 0 Å². The number of nitrogens with zero attached hydrogens (tertiary/aromatic N) is 1. The van der Waals surface area contributed by atoms with E-state index in [1.807, 2.05) is 18.2 Å². The minimum Gasteiger partial charge on any atom is -0.283 e. The summed E-state index contributed by atoms with van der Waals surface area (Å²) in [5.41, 5.74) is 0. The zero-order chi connectivity index (χ0) is 6.95. The van der Waals surface area contributed by atoms with Crippen molar-refractivity contribution in [2.45, 2.75) is 0 Å². The van der Waals surface area contributed by atoms with Crippen LogP contribution in [0.1, 0.15) is 0 Å². The van der Waals surface area contributed by atoms with Gasteiger partial charge in [0.05, 0.1) is 19.0 Å². The molecule has 0 bridgehead atoms. The van der Waals surface area contributed by atoms with Crippen molar-refractivity contribution < 1.29 is 21.4 Å². The third kappa shape index (κ3) is 10.8. The van der Waals surface area contributed by atoms with Gasteiger partial charge >= 0.3 is 17.1 Å². The first kappa shape index (κ1) is 12.6. The van der Waals surface area contributed by atoms with Crippen LogP contribution in [-0.2, 0) is 21.4 Å². The average molecular weight is 209 g/mol. The number of aromatic nitrogens is 1. The van der Waals surface area contributed by atoms with Crippen LogP contribution in [0.15, 0.2) is 30.6 Å². The molecule has 0 aliphatic rings. The Hall–Kier alpha value is -0.0805. The average Bonchev–Trinajstić information content (AvgIpc) is 1.93. The van der Waals surface area contributed by atoms with E-state index in [9.17, 15) is 0 Å². The summed E-state index contributed by atoms with van der Waals surface area (Å²) in [5.74, 6) is 0. The van der Waals surface area contributed by atoms with Gasteiger partial charge in [0.1, 0.15) is 0 Å². The molecule has 0 unspecified atom stereocenters. The fraction of sp³-hybridized carbons (Fsp3) is 0.167. The number of hydrogen-bond donors (Lipinski definition) is 0. The first-order valence-corrected chi connectivity index (χ1v) is 2.72. The molecule has 1 radical (unpaired) electrons. The Kier molecular flexibility index (Phi) is 14.7. The number of hydrogen-bond acceptors (Lipinski definition) is 2. The standard InChI is InChI=1S/C5H5N.CH3ClO.Cu/c1-2-4-6-5-3-1;1-3-2;/h1-5H;1H3;/q;;+2. The predicted octanol–water partition coefficient (Wildman–Crippen LogP) is 1.87. The summed E-state index contributed by atoms with van der Waals surface area (Å²) in [5, 5.41) is 0. The van der Waals surface area contributed by atoms with E-state index in [0.29, 0.717) is 0 Å². The van der Waals surface area contributed by atoms with E-state index in [1.54, 1.807) is 12.4 Å². The molecule has 1 aromatic heterocycles. The normalized spacial score (nSPS) is 6.60. The van der Waals surface area contributed by atoms with Crippen LogP contribution in [0.4, 0.5) is 0 Å². The maximum absolute atomic E-state index is 4.50. The monoisotopic (exact) mass is 208 g/mol. The molecular formula is C6H8ClCuNO+2. The van der Waals surface area contributed by atoms with Crippen LogP contribution in [-0.4, -0.2) is 12.1 Å². The van der Waals surface area contributed by atoms with E-state index in [1.165, 1.54) is 7.11 Å². The van der Waals surface area contributed by atoms with Crippen molar-refractivity contribution in [3.05, 3.63) is 30.6 Å². The first-order valence-electron chi connectivity index (χ1n) is 2.41. The minimum absolute atomic E-state index is 0. The molecule has 0 fully saturated rings. The van der Waals surface area contributed by atoms with E-state index in [0.717, 1.165) is 0 Å². The van der Waals surface area contributed by atoms with Crippen LogP contribution in [0.25, 0.3) is 0 Å². The van der Waals surface area contributed by atoms with E-state index < -0.39 is 0 Å². The summed E-state index contributed by atoms with van der Waals surface area (Å²) in [6, 6.07) is 5.72. The van der Waals surface area contributed by atoms with E-state index >= 15 is 0 Å². The van der Waals surface area contributed by atoms with Crippen LogP contribution in [0.5, 0.6) is 0 Å². The molecular weight excluding hydrogens is 201 g/mol. The Labute approximate surface area is 76.2 Å². The number of pyridine rings is 1.